The van der Waals surface area contributed by atoms with Gasteiger partial charge in [-0.15, -0.1) is 22.7 Å². The first-order valence-corrected chi connectivity index (χ1v) is 20.7. The van der Waals surface area contributed by atoms with Gasteiger partial charge in [-0.3, -0.25) is 0 Å². The van der Waals surface area contributed by atoms with Crippen molar-refractivity contribution in [2.75, 3.05) is 0 Å². The average Bonchev–Trinajstić information content (AvgIpc) is 3.98. The third kappa shape index (κ3) is 5.24. The molecule has 57 heavy (non-hydrogen) atoms. The maximum absolute atomic E-state index is 6.56. The molecule has 12 rings (SSSR count). The van der Waals surface area contributed by atoms with Gasteiger partial charge in [0.25, 0.3) is 0 Å². The van der Waals surface area contributed by atoms with Crippen LogP contribution in [0.1, 0.15) is 0 Å². The lowest BCUT2D eigenvalue weighted by Gasteiger charge is -2.09. The molecule has 4 heterocycles. The summed E-state index contributed by atoms with van der Waals surface area (Å²) in [5, 5.41) is 6.21. The molecule has 0 aliphatic carbocycles. The molecule has 0 N–H and O–H groups in total. The minimum absolute atomic E-state index is 0.692. The number of furan rings is 1. The summed E-state index contributed by atoms with van der Waals surface area (Å²) < 4.78 is 11.8. The number of hydrogen-bond acceptors (Lipinski definition) is 5. The number of fused-ring (bicyclic) bond motifs is 9. The molecular weight excluding hydrogens is 733 g/mol. The van der Waals surface area contributed by atoms with Crippen molar-refractivity contribution in [3.63, 3.8) is 0 Å². The normalized spacial score (nSPS) is 11.9. The van der Waals surface area contributed by atoms with E-state index in [4.69, 9.17) is 14.4 Å². The zero-order chi connectivity index (χ0) is 37.5. The van der Waals surface area contributed by atoms with Gasteiger partial charge in [0.05, 0.1) is 0 Å². The van der Waals surface area contributed by atoms with E-state index in [9.17, 15) is 0 Å². The van der Waals surface area contributed by atoms with Crippen LogP contribution in [0.5, 0.6) is 0 Å². The molecule has 0 fully saturated rings. The van der Waals surface area contributed by atoms with Crippen molar-refractivity contribution in [2.45, 2.75) is 0 Å². The first kappa shape index (κ1) is 32.3. The van der Waals surface area contributed by atoms with Crippen LogP contribution in [0.4, 0.5) is 0 Å². The third-order valence-corrected chi connectivity index (χ3v) is 13.6. The van der Waals surface area contributed by atoms with Gasteiger partial charge >= 0.3 is 0 Å². The molecule has 12 aromatic rings. The second-order valence-corrected chi connectivity index (χ2v) is 16.6. The SMILES string of the molecule is c1cc(-c2cccc(-c3cccc4c3sc3ccccc34)c2)cc(-c2ncnc3c2oc2ccc(-c4cccc(-c5cccc6c5sc5ccccc56)c4)cc23)c1. The maximum Gasteiger partial charge on any atom is 0.180 e. The van der Waals surface area contributed by atoms with Crippen molar-refractivity contribution in [3.8, 4) is 55.8 Å². The summed E-state index contributed by atoms with van der Waals surface area (Å²) in [5.74, 6) is 0. The molecular formula is C52H30N2OS2. The second kappa shape index (κ2) is 12.8. The fourth-order valence-corrected chi connectivity index (χ4v) is 11.0. The van der Waals surface area contributed by atoms with Crippen LogP contribution < -0.4 is 0 Å². The Balaban J connectivity index is 0.911. The molecule has 0 bridgehead atoms. The van der Waals surface area contributed by atoms with E-state index in [-0.39, 0.29) is 0 Å². The second-order valence-electron chi connectivity index (χ2n) is 14.5. The average molecular weight is 763 g/mol. The van der Waals surface area contributed by atoms with Crippen LogP contribution in [0.15, 0.2) is 187 Å². The standard InChI is InChI=1S/C52H30N2OS2/c1-3-22-46-40(16-1)42-20-8-18-38(51(42)56-46)35-13-5-10-31(26-35)33-12-7-15-37(28-33)48-50-49(54-30-53-48)44-29-34(24-25-45(44)55-50)32-11-6-14-36(27-32)39-19-9-21-43-41-17-2-4-23-47(41)57-52(39)43/h1-30H. The van der Waals surface area contributed by atoms with E-state index in [1.165, 1.54) is 62.6 Å². The predicted molar refractivity (Wildman–Crippen MR) is 242 cm³/mol. The van der Waals surface area contributed by atoms with E-state index < -0.39 is 0 Å². The highest BCUT2D eigenvalue weighted by molar-refractivity contribution is 7.26. The Morgan fingerprint density at radius 3 is 1.47 bits per heavy atom. The fraction of sp³-hybridized carbons (Fsp3) is 0. The zero-order valence-corrected chi connectivity index (χ0v) is 32.1. The van der Waals surface area contributed by atoms with Crippen molar-refractivity contribution < 1.29 is 4.42 Å². The Morgan fingerprint density at radius 1 is 0.368 bits per heavy atom. The number of hydrogen-bond donors (Lipinski definition) is 0. The summed E-state index contributed by atoms with van der Waals surface area (Å²) in [6, 6.07) is 63.3. The molecule has 3 nitrogen and oxygen atoms in total. The molecule has 0 aliphatic heterocycles. The molecule has 5 heteroatoms. The summed E-state index contributed by atoms with van der Waals surface area (Å²) in [6.07, 6.45) is 1.66. The van der Waals surface area contributed by atoms with E-state index in [2.05, 4.69) is 176 Å². The largest absolute Gasteiger partial charge is 0.452 e. The summed E-state index contributed by atoms with van der Waals surface area (Å²) in [5.41, 5.74) is 13.5. The molecule has 0 radical (unpaired) electrons. The van der Waals surface area contributed by atoms with E-state index >= 15 is 0 Å². The van der Waals surface area contributed by atoms with Gasteiger partial charge < -0.3 is 4.42 Å². The van der Waals surface area contributed by atoms with Crippen molar-refractivity contribution >= 4 is 85.1 Å². The van der Waals surface area contributed by atoms with Crippen LogP contribution in [0, 0.1) is 0 Å². The number of rotatable bonds is 5. The Bertz CT molecular complexity index is 3550. The van der Waals surface area contributed by atoms with Crippen LogP contribution in [0.25, 0.3) is 118 Å². The Labute approximate surface area is 335 Å². The van der Waals surface area contributed by atoms with Crippen molar-refractivity contribution in [3.05, 3.63) is 182 Å². The van der Waals surface area contributed by atoms with Crippen molar-refractivity contribution in [1.82, 2.24) is 9.97 Å². The van der Waals surface area contributed by atoms with Crippen molar-refractivity contribution in [1.29, 1.82) is 0 Å². The van der Waals surface area contributed by atoms with E-state index in [1.54, 1.807) is 6.33 Å². The molecule has 266 valence electrons. The number of benzene rings is 8. The van der Waals surface area contributed by atoms with Gasteiger partial charge in [0.1, 0.15) is 23.1 Å². The first-order chi connectivity index (χ1) is 28.2. The van der Waals surface area contributed by atoms with Crippen LogP contribution in [0.2, 0.25) is 0 Å². The van der Waals surface area contributed by atoms with Crippen molar-refractivity contribution in [2.24, 2.45) is 0 Å². The number of nitrogens with zero attached hydrogens (tertiary/aromatic N) is 2. The zero-order valence-electron chi connectivity index (χ0n) is 30.4. The monoisotopic (exact) mass is 762 g/mol. The van der Waals surface area contributed by atoms with Gasteiger partial charge in [0.2, 0.25) is 0 Å². The lowest BCUT2D eigenvalue weighted by atomic mass is 9.96. The van der Waals surface area contributed by atoms with E-state index in [0.29, 0.717) is 5.58 Å². The molecule has 0 atom stereocenters. The molecule has 8 aromatic carbocycles. The highest BCUT2D eigenvalue weighted by atomic mass is 32.1. The van der Waals surface area contributed by atoms with E-state index in [1.807, 2.05) is 22.7 Å². The van der Waals surface area contributed by atoms with Crippen LogP contribution in [-0.4, -0.2) is 9.97 Å². The highest BCUT2D eigenvalue weighted by Crippen LogP contribution is 2.43. The van der Waals surface area contributed by atoms with Crippen LogP contribution in [-0.2, 0) is 0 Å². The molecule has 4 aromatic heterocycles. The Kier molecular flexibility index (Phi) is 7.27. The lowest BCUT2D eigenvalue weighted by Crippen LogP contribution is -1.88. The van der Waals surface area contributed by atoms with Gasteiger partial charge in [-0.05, 0) is 87.0 Å². The van der Waals surface area contributed by atoms with E-state index in [0.717, 1.165) is 50.0 Å². The molecule has 0 saturated carbocycles. The van der Waals surface area contributed by atoms with Gasteiger partial charge in [-0.1, -0.05) is 133 Å². The van der Waals surface area contributed by atoms with Gasteiger partial charge in [0, 0.05) is 51.3 Å². The Hall–Kier alpha value is -6.92. The highest BCUT2D eigenvalue weighted by Gasteiger charge is 2.18. The molecule has 0 amide bonds. The van der Waals surface area contributed by atoms with Crippen LogP contribution >= 0.6 is 22.7 Å². The molecule has 0 unspecified atom stereocenters. The molecule has 0 saturated heterocycles. The lowest BCUT2D eigenvalue weighted by molar-refractivity contribution is 0.667. The summed E-state index contributed by atoms with van der Waals surface area (Å²) in [7, 11) is 0. The summed E-state index contributed by atoms with van der Waals surface area (Å²) in [6.45, 7) is 0. The quantitative estimate of drug-likeness (QED) is 0.175. The molecule has 0 aliphatic rings. The minimum Gasteiger partial charge on any atom is -0.452 e. The third-order valence-electron chi connectivity index (χ3n) is 11.2. The predicted octanol–water partition coefficient (Wildman–Crippen LogP) is 15.4. The van der Waals surface area contributed by atoms with Gasteiger partial charge in [0.15, 0.2) is 5.58 Å². The minimum atomic E-state index is 0.692. The summed E-state index contributed by atoms with van der Waals surface area (Å²) in [4.78, 5) is 9.57. The van der Waals surface area contributed by atoms with Gasteiger partial charge in [-0.2, -0.15) is 0 Å². The fourth-order valence-electron chi connectivity index (χ4n) is 8.49. The first-order valence-electron chi connectivity index (χ1n) is 19.0. The smallest absolute Gasteiger partial charge is 0.180 e. The Morgan fingerprint density at radius 2 is 0.860 bits per heavy atom. The number of thiophene rings is 2. The maximum atomic E-state index is 6.56. The van der Waals surface area contributed by atoms with Crippen LogP contribution in [0.3, 0.4) is 0 Å². The summed E-state index contributed by atoms with van der Waals surface area (Å²) >= 11 is 3.72. The topological polar surface area (TPSA) is 38.9 Å². The molecule has 0 spiro atoms. The van der Waals surface area contributed by atoms with Gasteiger partial charge in [-0.25, -0.2) is 9.97 Å². The number of aromatic nitrogens is 2.